The van der Waals surface area contributed by atoms with Gasteiger partial charge in [-0.3, -0.25) is 4.79 Å². The topological polar surface area (TPSA) is 82.5 Å². The molecule has 2 N–H and O–H groups in total. The Labute approximate surface area is 120 Å². The van der Waals surface area contributed by atoms with Crippen LogP contribution in [0.25, 0.3) is 0 Å². The fourth-order valence-electron chi connectivity index (χ4n) is 1.41. The van der Waals surface area contributed by atoms with Crippen molar-refractivity contribution in [2.75, 3.05) is 18.0 Å². The number of carboxylic acids is 1. The predicted molar refractivity (Wildman–Crippen MR) is 75.2 cm³/mol. The number of halogens is 1. The van der Waals surface area contributed by atoms with Crippen LogP contribution in [0, 0.1) is 0 Å². The Hall–Kier alpha value is -1.34. The monoisotopic (exact) mass is 305 g/mol. The Morgan fingerprint density at radius 3 is 2.58 bits per heavy atom. The average Bonchev–Trinajstić information content (AvgIpc) is 2.67. The van der Waals surface area contributed by atoms with Crippen molar-refractivity contribution in [1.82, 2.24) is 10.3 Å². The number of hydrogen-bond acceptors (Lipinski definition) is 5. The maximum absolute atomic E-state index is 11.7. The summed E-state index contributed by atoms with van der Waals surface area (Å²) in [7, 11) is 0. The van der Waals surface area contributed by atoms with Gasteiger partial charge in [-0.1, -0.05) is 22.9 Å². The molecule has 0 aliphatic heterocycles. The number of thiazole rings is 1. The lowest BCUT2D eigenvalue weighted by Crippen LogP contribution is -2.40. The molecule has 0 unspecified atom stereocenters. The highest BCUT2D eigenvalue weighted by atomic mass is 35.5. The SMILES string of the molecule is CCN(CC(=O)NC(C)C)c1nc(Cl)c(C(=O)O)s1. The van der Waals surface area contributed by atoms with E-state index < -0.39 is 5.97 Å². The molecule has 0 spiro atoms. The number of aromatic nitrogens is 1. The number of likely N-dealkylation sites (N-methyl/N-ethyl adjacent to an activating group) is 1. The van der Waals surface area contributed by atoms with Gasteiger partial charge in [-0.05, 0) is 20.8 Å². The largest absolute Gasteiger partial charge is 0.477 e. The minimum atomic E-state index is -1.11. The van der Waals surface area contributed by atoms with Crippen molar-refractivity contribution in [3.63, 3.8) is 0 Å². The fourth-order valence-corrected chi connectivity index (χ4v) is 2.60. The van der Waals surface area contributed by atoms with Gasteiger partial charge in [-0.15, -0.1) is 0 Å². The molecule has 1 aromatic rings. The van der Waals surface area contributed by atoms with Gasteiger partial charge in [-0.2, -0.15) is 0 Å². The lowest BCUT2D eigenvalue weighted by Gasteiger charge is -2.19. The molecule has 0 aliphatic rings. The highest BCUT2D eigenvalue weighted by Crippen LogP contribution is 2.29. The van der Waals surface area contributed by atoms with Gasteiger partial charge in [0.1, 0.15) is 0 Å². The first-order chi connectivity index (χ1) is 8.85. The molecule has 0 radical (unpaired) electrons. The molecule has 1 amide bonds. The molecule has 1 aromatic heterocycles. The maximum atomic E-state index is 11.7. The number of nitrogens with one attached hydrogen (secondary N) is 1. The highest BCUT2D eigenvalue weighted by molar-refractivity contribution is 7.18. The van der Waals surface area contributed by atoms with Crippen molar-refractivity contribution in [2.24, 2.45) is 0 Å². The van der Waals surface area contributed by atoms with Gasteiger partial charge >= 0.3 is 5.97 Å². The summed E-state index contributed by atoms with van der Waals surface area (Å²) in [6.45, 7) is 6.26. The highest BCUT2D eigenvalue weighted by Gasteiger charge is 2.20. The van der Waals surface area contributed by atoms with Crippen LogP contribution in [0.2, 0.25) is 5.15 Å². The van der Waals surface area contributed by atoms with Gasteiger partial charge in [-0.25, -0.2) is 9.78 Å². The van der Waals surface area contributed by atoms with Gasteiger partial charge in [0.25, 0.3) is 0 Å². The van der Waals surface area contributed by atoms with Crippen LogP contribution in [0.4, 0.5) is 5.13 Å². The molecule has 0 saturated heterocycles. The predicted octanol–water partition coefficient (Wildman–Crippen LogP) is 1.85. The number of carbonyl (C=O) groups is 2. The first-order valence-electron chi connectivity index (χ1n) is 5.79. The second-order valence-electron chi connectivity index (χ2n) is 4.16. The van der Waals surface area contributed by atoms with E-state index in [0.29, 0.717) is 11.7 Å². The van der Waals surface area contributed by atoms with Crippen molar-refractivity contribution in [3.8, 4) is 0 Å². The number of carboxylic acid groups (broad SMARTS) is 1. The van der Waals surface area contributed by atoms with Crippen LogP contribution in [-0.4, -0.2) is 41.1 Å². The summed E-state index contributed by atoms with van der Waals surface area (Å²) in [5.41, 5.74) is 0. The van der Waals surface area contributed by atoms with Crippen molar-refractivity contribution in [1.29, 1.82) is 0 Å². The van der Waals surface area contributed by atoms with Crippen molar-refractivity contribution in [2.45, 2.75) is 26.8 Å². The minimum Gasteiger partial charge on any atom is -0.477 e. The number of nitrogens with zero attached hydrogens (tertiary/aromatic N) is 2. The molecule has 8 heteroatoms. The summed E-state index contributed by atoms with van der Waals surface area (Å²) in [4.78, 5) is 28.2. The van der Waals surface area contributed by atoms with E-state index in [2.05, 4.69) is 10.3 Å². The fraction of sp³-hybridized carbons (Fsp3) is 0.545. The maximum Gasteiger partial charge on any atom is 0.349 e. The van der Waals surface area contributed by atoms with E-state index in [9.17, 15) is 9.59 Å². The lowest BCUT2D eigenvalue weighted by atomic mass is 10.4. The molecular formula is C11H16ClN3O3S. The van der Waals surface area contributed by atoms with Crippen molar-refractivity contribution >= 4 is 39.9 Å². The summed E-state index contributed by atoms with van der Waals surface area (Å²) in [6.07, 6.45) is 0. The number of carbonyl (C=O) groups excluding carboxylic acids is 1. The van der Waals surface area contributed by atoms with Gasteiger partial charge < -0.3 is 15.3 Å². The number of anilines is 1. The van der Waals surface area contributed by atoms with Crippen LogP contribution in [0.3, 0.4) is 0 Å². The first kappa shape index (κ1) is 15.7. The zero-order chi connectivity index (χ0) is 14.6. The van der Waals surface area contributed by atoms with E-state index in [1.54, 1.807) is 4.90 Å². The molecule has 0 aliphatic carbocycles. The Morgan fingerprint density at radius 1 is 1.53 bits per heavy atom. The van der Waals surface area contributed by atoms with E-state index in [-0.39, 0.29) is 28.5 Å². The van der Waals surface area contributed by atoms with Crippen LogP contribution >= 0.6 is 22.9 Å². The molecule has 0 fully saturated rings. The van der Waals surface area contributed by atoms with Gasteiger partial charge in [0.2, 0.25) is 5.91 Å². The summed E-state index contributed by atoms with van der Waals surface area (Å²) < 4.78 is 0. The molecule has 6 nitrogen and oxygen atoms in total. The number of aromatic carboxylic acids is 1. The number of amides is 1. The summed E-state index contributed by atoms with van der Waals surface area (Å²) in [5.74, 6) is -1.25. The Bertz CT molecular complexity index is 476. The van der Waals surface area contributed by atoms with Gasteiger partial charge in [0.15, 0.2) is 15.2 Å². The number of rotatable bonds is 6. The molecular weight excluding hydrogens is 290 g/mol. The Kier molecular flexibility index (Phi) is 5.56. The summed E-state index contributed by atoms with van der Waals surface area (Å²) in [5, 5.41) is 12.1. The molecule has 106 valence electrons. The van der Waals surface area contributed by atoms with E-state index in [1.165, 1.54) is 0 Å². The third-order valence-corrected chi connectivity index (χ3v) is 3.69. The number of hydrogen-bond donors (Lipinski definition) is 2. The standard InChI is InChI=1S/C11H16ClN3O3S/c1-4-15(5-7(16)13-6(2)3)11-14-9(12)8(19-11)10(17)18/h6H,4-5H2,1-3H3,(H,13,16)(H,17,18). The average molecular weight is 306 g/mol. The van der Waals surface area contributed by atoms with Crippen LogP contribution in [0.5, 0.6) is 0 Å². The molecule has 1 heterocycles. The Balaban J connectivity index is 2.83. The second-order valence-corrected chi connectivity index (χ2v) is 5.49. The molecule has 1 rings (SSSR count). The van der Waals surface area contributed by atoms with Crippen LogP contribution in [-0.2, 0) is 4.79 Å². The molecule has 0 aromatic carbocycles. The molecule has 0 bridgehead atoms. The second kappa shape index (κ2) is 6.72. The van der Waals surface area contributed by atoms with E-state index >= 15 is 0 Å². The zero-order valence-corrected chi connectivity index (χ0v) is 12.5. The molecule has 0 atom stereocenters. The third kappa shape index (κ3) is 4.36. The van der Waals surface area contributed by atoms with E-state index in [0.717, 1.165) is 11.3 Å². The van der Waals surface area contributed by atoms with Crippen molar-refractivity contribution in [3.05, 3.63) is 10.0 Å². The normalized spacial score (nSPS) is 10.6. The molecule has 0 saturated carbocycles. The van der Waals surface area contributed by atoms with Crippen LogP contribution < -0.4 is 10.2 Å². The van der Waals surface area contributed by atoms with E-state index in [4.69, 9.17) is 16.7 Å². The van der Waals surface area contributed by atoms with Gasteiger partial charge in [0.05, 0.1) is 6.54 Å². The van der Waals surface area contributed by atoms with Crippen LogP contribution in [0.1, 0.15) is 30.4 Å². The van der Waals surface area contributed by atoms with E-state index in [1.807, 2.05) is 20.8 Å². The first-order valence-corrected chi connectivity index (χ1v) is 6.98. The Morgan fingerprint density at radius 2 is 2.16 bits per heavy atom. The molecule has 19 heavy (non-hydrogen) atoms. The summed E-state index contributed by atoms with van der Waals surface area (Å²) in [6, 6.07) is 0.0562. The lowest BCUT2D eigenvalue weighted by molar-refractivity contribution is -0.120. The smallest absolute Gasteiger partial charge is 0.349 e. The zero-order valence-electron chi connectivity index (χ0n) is 10.9. The quantitative estimate of drug-likeness (QED) is 0.838. The third-order valence-electron chi connectivity index (χ3n) is 2.21. The van der Waals surface area contributed by atoms with Gasteiger partial charge in [0, 0.05) is 12.6 Å². The minimum absolute atomic E-state index is 0.0145. The van der Waals surface area contributed by atoms with Crippen LogP contribution in [0.15, 0.2) is 0 Å². The van der Waals surface area contributed by atoms with Crippen molar-refractivity contribution < 1.29 is 14.7 Å². The summed E-state index contributed by atoms with van der Waals surface area (Å²) >= 11 is 6.72.